The fourth-order valence-corrected chi connectivity index (χ4v) is 1.96. The first-order chi connectivity index (χ1) is 8.24. The van der Waals surface area contributed by atoms with Gasteiger partial charge < -0.3 is 0 Å². The second-order valence-electron chi connectivity index (χ2n) is 3.51. The van der Waals surface area contributed by atoms with E-state index < -0.39 is 0 Å². The van der Waals surface area contributed by atoms with Gasteiger partial charge in [0.25, 0.3) is 0 Å². The largest absolute Gasteiger partial charge is 0.298 e. The van der Waals surface area contributed by atoms with E-state index in [4.69, 9.17) is 0 Å². The van der Waals surface area contributed by atoms with Crippen LogP contribution in [0.3, 0.4) is 0 Å². The van der Waals surface area contributed by atoms with Crippen LogP contribution in [-0.4, -0.2) is 10.9 Å². The van der Waals surface area contributed by atoms with Crippen molar-refractivity contribution >= 4 is 28.5 Å². The molecule has 0 radical (unpaired) electrons. The minimum Gasteiger partial charge on any atom is -0.298 e. The maximum absolute atomic E-state index is 11.6. The van der Waals surface area contributed by atoms with E-state index in [2.05, 4.69) is 10.3 Å². The molecule has 0 saturated heterocycles. The first-order valence-corrected chi connectivity index (χ1v) is 6.02. The van der Waals surface area contributed by atoms with Crippen molar-refractivity contribution in [2.45, 2.75) is 6.92 Å². The Morgan fingerprint density at radius 2 is 2.12 bits per heavy atom. The highest BCUT2D eigenvalue weighted by molar-refractivity contribution is 7.15. The van der Waals surface area contributed by atoms with Crippen LogP contribution in [0, 0.1) is 6.92 Å². The smallest absolute Gasteiger partial charge is 0.250 e. The molecule has 1 aromatic carbocycles. The lowest BCUT2D eigenvalue weighted by Gasteiger charge is -1.95. The summed E-state index contributed by atoms with van der Waals surface area (Å²) in [7, 11) is 0. The van der Waals surface area contributed by atoms with Gasteiger partial charge in [-0.05, 0) is 18.6 Å². The molecule has 1 heterocycles. The van der Waals surface area contributed by atoms with E-state index in [1.54, 1.807) is 12.3 Å². The van der Waals surface area contributed by atoms with Crippen LogP contribution in [0.2, 0.25) is 0 Å². The molecule has 0 bridgehead atoms. The summed E-state index contributed by atoms with van der Waals surface area (Å²) in [6.45, 7) is 1.95. The summed E-state index contributed by atoms with van der Waals surface area (Å²) < 4.78 is 0. The third-order valence-electron chi connectivity index (χ3n) is 2.08. The first-order valence-electron chi connectivity index (χ1n) is 5.20. The van der Waals surface area contributed by atoms with Gasteiger partial charge in [-0.3, -0.25) is 10.1 Å². The highest BCUT2D eigenvalue weighted by Crippen LogP contribution is 2.16. The normalized spacial score (nSPS) is 10.6. The summed E-state index contributed by atoms with van der Waals surface area (Å²) in [5, 5.41) is 3.34. The Hall–Kier alpha value is -1.94. The maximum Gasteiger partial charge on any atom is 0.250 e. The fraction of sp³-hybridized carbons (Fsp3) is 0.0769. The van der Waals surface area contributed by atoms with Crippen LogP contribution in [0.4, 0.5) is 5.13 Å². The fourth-order valence-electron chi connectivity index (χ4n) is 1.30. The number of hydrogen-bond donors (Lipinski definition) is 1. The van der Waals surface area contributed by atoms with Crippen molar-refractivity contribution in [3.8, 4) is 0 Å². The van der Waals surface area contributed by atoms with Gasteiger partial charge in [0.2, 0.25) is 5.91 Å². The molecule has 17 heavy (non-hydrogen) atoms. The number of anilines is 1. The molecule has 0 aliphatic heterocycles. The van der Waals surface area contributed by atoms with Crippen LogP contribution in [0.5, 0.6) is 0 Å². The predicted octanol–water partition coefficient (Wildman–Crippen LogP) is 3.10. The van der Waals surface area contributed by atoms with E-state index in [1.165, 1.54) is 17.4 Å². The minimum absolute atomic E-state index is 0.164. The quantitative estimate of drug-likeness (QED) is 0.843. The number of aromatic nitrogens is 1. The SMILES string of the molecule is Cc1cnc(NC(=O)/C=C/c2ccccc2)s1. The number of aryl methyl sites for hydroxylation is 1. The summed E-state index contributed by atoms with van der Waals surface area (Å²) in [4.78, 5) is 16.7. The molecule has 1 amide bonds. The summed E-state index contributed by atoms with van der Waals surface area (Å²) in [6, 6.07) is 9.69. The zero-order chi connectivity index (χ0) is 12.1. The highest BCUT2D eigenvalue weighted by atomic mass is 32.1. The van der Waals surface area contributed by atoms with Gasteiger partial charge in [-0.1, -0.05) is 30.3 Å². The van der Waals surface area contributed by atoms with Gasteiger partial charge >= 0.3 is 0 Å². The molecule has 3 nitrogen and oxygen atoms in total. The molecule has 0 atom stereocenters. The molecule has 1 aromatic heterocycles. The van der Waals surface area contributed by atoms with Gasteiger partial charge in [0.05, 0.1) is 0 Å². The van der Waals surface area contributed by atoms with Crippen molar-refractivity contribution in [2.24, 2.45) is 0 Å². The topological polar surface area (TPSA) is 42.0 Å². The van der Waals surface area contributed by atoms with Crippen LogP contribution in [0.1, 0.15) is 10.4 Å². The van der Waals surface area contributed by atoms with Crippen LogP contribution in [0.15, 0.2) is 42.6 Å². The Labute approximate surface area is 104 Å². The third-order valence-corrected chi connectivity index (χ3v) is 2.91. The molecule has 0 unspecified atom stereocenters. The first kappa shape index (κ1) is 11.5. The number of thiazole rings is 1. The van der Waals surface area contributed by atoms with Gasteiger partial charge in [-0.2, -0.15) is 0 Å². The molecule has 2 rings (SSSR count). The number of carbonyl (C=O) groups excluding carboxylic acids is 1. The van der Waals surface area contributed by atoms with E-state index in [-0.39, 0.29) is 5.91 Å². The van der Waals surface area contributed by atoms with Crippen LogP contribution in [-0.2, 0) is 4.79 Å². The Balaban J connectivity index is 1.96. The van der Waals surface area contributed by atoms with Crippen molar-refractivity contribution in [1.82, 2.24) is 4.98 Å². The molecule has 0 spiro atoms. The van der Waals surface area contributed by atoms with Crippen molar-refractivity contribution in [1.29, 1.82) is 0 Å². The zero-order valence-electron chi connectivity index (χ0n) is 9.38. The molecule has 0 saturated carbocycles. The molecule has 0 fully saturated rings. The highest BCUT2D eigenvalue weighted by Gasteiger charge is 2.01. The van der Waals surface area contributed by atoms with Crippen molar-refractivity contribution < 1.29 is 4.79 Å². The molecule has 0 aliphatic rings. The second-order valence-corrected chi connectivity index (χ2v) is 4.74. The van der Waals surface area contributed by atoms with E-state index in [1.807, 2.05) is 37.3 Å². The van der Waals surface area contributed by atoms with E-state index in [0.29, 0.717) is 5.13 Å². The van der Waals surface area contributed by atoms with Crippen molar-refractivity contribution in [2.75, 3.05) is 5.32 Å². The van der Waals surface area contributed by atoms with Gasteiger partial charge in [0.15, 0.2) is 5.13 Å². The Morgan fingerprint density at radius 1 is 1.35 bits per heavy atom. The van der Waals surface area contributed by atoms with Gasteiger partial charge in [0, 0.05) is 17.2 Å². The number of carbonyl (C=O) groups is 1. The number of nitrogens with zero attached hydrogens (tertiary/aromatic N) is 1. The average molecular weight is 244 g/mol. The Kier molecular flexibility index (Phi) is 3.67. The van der Waals surface area contributed by atoms with Gasteiger partial charge in [-0.25, -0.2) is 4.98 Å². The van der Waals surface area contributed by atoms with Crippen molar-refractivity contribution in [3.05, 3.63) is 53.0 Å². The summed E-state index contributed by atoms with van der Waals surface area (Å²) in [5.41, 5.74) is 0.998. The minimum atomic E-state index is -0.164. The number of rotatable bonds is 3. The van der Waals surface area contributed by atoms with E-state index in [9.17, 15) is 4.79 Å². The lowest BCUT2D eigenvalue weighted by molar-refractivity contribution is -0.111. The lowest BCUT2D eigenvalue weighted by Crippen LogP contribution is -2.06. The van der Waals surface area contributed by atoms with Crippen LogP contribution in [0.25, 0.3) is 6.08 Å². The zero-order valence-corrected chi connectivity index (χ0v) is 10.2. The second kappa shape index (κ2) is 5.41. The maximum atomic E-state index is 11.6. The summed E-state index contributed by atoms with van der Waals surface area (Å²) in [6.07, 6.45) is 5.02. The molecular weight excluding hydrogens is 232 g/mol. The van der Waals surface area contributed by atoms with Crippen LogP contribution >= 0.6 is 11.3 Å². The number of nitrogens with one attached hydrogen (secondary N) is 1. The number of benzene rings is 1. The number of amides is 1. The average Bonchev–Trinajstić information content (AvgIpc) is 2.73. The summed E-state index contributed by atoms with van der Waals surface area (Å²) >= 11 is 1.46. The molecule has 1 N–H and O–H groups in total. The Morgan fingerprint density at radius 3 is 2.76 bits per heavy atom. The molecule has 0 aliphatic carbocycles. The number of hydrogen-bond acceptors (Lipinski definition) is 3. The van der Waals surface area contributed by atoms with E-state index >= 15 is 0 Å². The van der Waals surface area contributed by atoms with Gasteiger partial charge in [0.1, 0.15) is 0 Å². The van der Waals surface area contributed by atoms with Gasteiger partial charge in [-0.15, -0.1) is 11.3 Å². The molecule has 2 aromatic rings. The summed E-state index contributed by atoms with van der Waals surface area (Å²) in [5.74, 6) is -0.164. The Bertz CT molecular complexity index is 531. The van der Waals surface area contributed by atoms with Crippen molar-refractivity contribution in [3.63, 3.8) is 0 Å². The van der Waals surface area contributed by atoms with E-state index in [0.717, 1.165) is 10.4 Å². The molecular formula is C13H12N2OS. The third kappa shape index (κ3) is 3.53. The monoisotopic (exact) mass is 244 g/mol. The molecule has 86 valence electrons. The lowest BCUT2D eigenvalue weighted by atomic mass is 10.2. The predicted molar refractivity (Wildman–Crippen MR) is 71.0 cm³/mol. The van der Waals surface area contributed by atoms with Crippen LogP contribution < -0.4 is 5.32 Å². The standard InChI is InChI=1S/C13H12N2OS/c1-10-9-14-13(17-10)15-12(16)8-7-11-5-3-2-4-6-11/h2-9H,1H3,(H,14,15,16)/b8-7+. The molecule has 4 heteroatoms.